The average molecular weight is 709 g/mol. The Bertz CT molecular complexity index is 2920. The molecule has 0 aliphatic heterocycles. The molecular weight excluding hydrogens is 661 g/mol. The molecule has 5 aliphatic carbocycles. The minimum absolute atomic E-state index is 0.103. The number of hydrogen-bond acceptors (Lipinski definition) is 0. The Morgan fingerprint density at radius 3 is 1.84 bits per heavy atom. The van der Waals surface area contributed by atoms with Gasteiger partial charge >= 0.3 is 0 Å². The molecule has 0 saturated carbocycles. The van der Waals surface area contributed by atoms with Crippen molar-refractivity contribution in [2.45, 2.75) is 66.2 Å². The maximum absolute atomic E-state index is 2.51. The normalized spacial score (nSPS) is 20.7. The van der Waals surface area contributed by atoms with E-state index in [-0.39, 0.29) is 16.2 Å². The second-order valence-corrected chi connectivity index (χ2v) is 19.4. The van der Waals surface area contributed by atoms with Crippen LogP contribution in [-0.4, -0.2) is 0 Å². The summed E-state index contributed by atoms with van der Waals surface area (Å²) in [5, 5.41) is 8.08. The van der Waals surface area contributed by atoms with Gasteiger partial charge in [0, 0.05) is 17.3 Å². The minimum atomic E-state index is -0.130. The summed E-state index contributed by atoms with van der Waals surface area (Å²) in [6.45, 7) is 18.7. The van der Waals surface area contributed by atoms with Crippen molar-refractivity contribution in [2.75, 3.05) is 0 Å². The third-order valence-corrected chi connectivity index (χ3v) is 13.7. The molecule has 11 rings (SSSR count). The fraction of sp³-hybridized carbons (Fsp3) is 0.236. The molecule has 0 spiro atoms. The highest BCUT2D eigenvalue weighted by Crippen LogP contribution is 2.55. The number of rotatable bonds is 2. The van der Waals surface area contributed by atoms with Gasteiger partial charge in [-0.25, -0.2) is 0 Å². The van der Waals surface area contributed by atoms with E-state index in [9.17, 15) is 0 Å². The lowest BCUT2D eigenvalue weighted by atomic mass is 9.61. The van der Waals surface area contributed by atoms with Crippen molar-refractivity contribution in [3.8, 4) is 22.3 Å². The van der Waals surface area contributed by atoms with Crippen molar-refractivity contribution in [1.29, 1.82) is 0 Å². The van der Waals surface area contributed by atoms with E-state index in [1.807, 2.05) is 0 Å². The van der Waals surface area contributed by atoms with Crippen LogP contribution in [0.3, 0.4) is 0 Å². The van der Waals surface area contributed by atoms with Gasteiger partial charge in [-0.1, -0.05) is 177 Å². The molecule has 55 heavy (non-hydrogen) atoms. The van der Waals surface area contributed by atoms with E-state index in [1.165, 1.54) is 110 Å². The van der Waals surface area contributed by atoms with Crippen LogP contribution in [0.2, 0.25) is 0 Å². The second-order valence-electron chi connectivity index (χ2n) is 19.4. The molecule has 0 heteroatoms. The van der Waals surface area contributed by atoms with Crippen LogP contribution in [0.15, 0.2) is 161 Å². The van der Waals surface area contributed by atoms with Crippen molar-refractivity contribution in [1.82, 2.24) is 0 Å². The van der Waals surface area contributed by atoms with Gasteiger partial charge in [0.15, 0.2) is 0 Å². The van der Waals surface area contributed by atoms with Crippen molar-refractivity contribution >= 4 is 37.9 Å². The Kier molecular flexibility index (Phi) is 6.50. The molecule has 268 valence electrons. The van der Waals surface area contributed by atoms with Crippen LogP contribution in [0.1, 0.15) is 77.6 Å². The van der Waals surface area contributed by atoms with Crippen molar-refractivity contribution < 1.29 is 0 Å². The Balaban J connectivity index is 0.990. The molecule has 2 unspecified atom stereocenters. The molecule has 6 aromatic rings. The third kappa shape index (κ3) is 4.64. The first-order chi connectivity index (χ1) is 26.3. The summed E-state index contributed by atoms with van der Waals surface area (Å²) in [6.07, 6.45) is 19.3. The summed E-state index contributed by atoms with van der Waals surface area (Å²) in [4.78, 5) is 0. The fourth-order valence-corrected chi connectivity index (χ4v) is 10.6. The maximum atomic E-state index is 2.51. The zero-order valence-corrected chi connectivity index (χ0v) is 33.4. The summed E-state index contributed by atoms with van der Waals surface area (Å²) in [7, 11) is 0. The van der Waals surface area contributed by atoms with Gasteiger partial charge in [-0.05, 0) is 133 Å². The molecule has 0 aromatic heterocycles. The summed E-state index contributed by atoms with van der Waals surface area (Å²) >= 11 is 0. The molecule has 0 saturated heterocycles. The molecule has 0 N–H and O–H groups in total. The number of benzene rings is 6. The third-order valence-electron chi connectivity index (χ3n) is 13.7. The monoisotopic (exact) mass is 708 g/mol. The fourth-order valence-electron chi connectivity index (χ4n) is 10.6. The average Bonchev–Trinajstić information content (AvgIpc) is 3.39. The number of hydrogen-bond donors (Lipinski definition) is 0. The first-order valence-corrected chi connectivity index (χ1v) is 20.2. The smallest absolute Gasteiger partial charge is 0.0205 e. The van der Waals surface area contributed by atoms with Crippen LogP contribution in [-0.2, 0) is 10.8 Å². The lowest BCUT2D eigenvalue weighted by molar-refractivity contribution is 0.500. The topological polar surface area (TPSA) is 0 Å². The maximum Gasteiger partial charge on any atom is 0.0205 e. The molecule has 0 radical (unpaired) electrons. The van der Waals surface area contributed by atoms with Crippen LogP contribution >= 0.6 is 0 Å². The van der Waals surface area contributed by atoms with Gasteiger partial charge < -0.3 is 0 Å². The number of fused-ring (bicyclic) bond motifs is 3. The molecule has 2 atom stereocenters. The van der Waals surface area contributed by atoms with Crippen LogP contribution in [0, 0.1) is 17.3 Å². The van der Waals surface area contributed by atoms with E-state index >= 15 is 0 Å². The van der Waals surface area contributed by atoms with Crippen molar-refractivity contribution in [3.63, 3.8) is 0 Å². The molecular formula is C55H48. The van der Waals surface area contributed by atoms with E-state index in [0.717, 1.165) is 0 Å². The van der Waals surface area contributed by atoms with Crippen LogP contribution in [0.25, 0.3) is 60.1 Å². The quantitative estimate of drug-likeness (QED) is 0.157. The molecule has 0 amide bonds. The standard InChI is InChI=1S/C55H48/c1-53(2,3)39-25-35-11-9-31-13-19-41(45-23-17-37(27-39)49(35)51(31)45)33-15-21-43-44-22-16-34(30-48(44)55(7,8)47(43)29-33)42-20-14-32-10-12-36-26-40(54(4,5)6)28-38-18-24-46(42)52(32)50(36)38/h9-30,49,51H,1-8H3. The van der Waals surface area contributed by atoms with E-state index in [0.29, 0.717) is 11.8 Å². The van der Waals surface area contributed by atoms with E-state index < -0.39 is 0 Å². The van der Waals surface area contributed by atoms with E-state index in [2.05, 4.69) is 189 Å². The minimum Gasteiger partial charge on any atom is -0.0581 e. The van der Waals surface area contributed by atoms with E-state index in [4.69, 9.17) is 0 Å². The lowest BCUT2D eigenvalue weighted by Gasteiger charge is -2.42. The van der Waals surface area contributed by atoms with Crippen LogP contribution in [0.5, 0.6) is 0 Å². The highest BCUT2D eigenvalue weighted by molar-refractivity contribution is 6.25. The summed E-state index contributed by atoms with van der Waals surface area (Å²) in [6, 6.07) is 33.4. The van der Waals surface area contributed by atoms with Crippen LogP contribution < -0.4 is 0 Å². The van der Waals surface area contributed by atoms with Gasteiger partial charge in [0.05, 0.1) is 0 Å². The van der Waals surface area contributed by atoms with Gasteiger partial charge in [0.1, 0.15) is 0 Å². The van der Waals surface area contributed by atoms with Gasteiger partial charge in [-0.3, -0.25) is 0 Å². The molecule has 0 heterocycles. The first kappa shape index (κ1) is 32.9. The SMILES string of the molecule is CC(C)(C)C1=CC2=CC=C3C(c4ccc5c(c4)C(C)(C)c4cc(-c6ccc7ccc8cc(C(C)(C)C)cc9ccc6c7c89)ccc4-5)=CC=C4C=CC(=C1)C2C43. The zero-order valence-electron chi connectivity index (χ0n) is 33.4. The highest BCUT2D eigenvalue weighted by atomic mass is 14.4. The highest BCUT2D eigenvalue weighted by Gasteiger charge is 2.42. The first-order valence-electron chi connectivity index (χ1n) is 20.2. The predicted octanol–water partition coefficient (Wildman–Crippen LogP) is 14.8. The van der Waals surface area contributed by atoms with Gasteiger partial charge in [-0.15, -0.1) is 0 Å². The second kappa shape index (κ2) is 10.9. The Morgan fingerprint density at radius 2 is 1.11 bits per heavy atom. The molecule has 0 nitrogen and oxygen atoms in total. The predicted molar refractivity (Wildman–Crippen MR) is 236 cm³/mol. The lowest BCUT2D eigenvalue weighted by Crippen LogP contribution is -2.30. The summed E-state index contributed by atoms with van der Waals surface area (Å²) in [5.74, 6) is 0.751. The zero-order chi connectivity index (χ0) is 37.8. The Labute approximate surface area is 326 Å². The van der Waals surface area contributed by atoms with Crippen LogP contribution in [0.4, 0.5) is 0 Å². The Morgan fingerprint density at radius 1 is 0.491 bits per heavy atom. The molecule has 0 bridgehead atoms. The number of allylic oxidation sites excluding steroid dienone is 14. The van der Waals surface area contributed by atoms with E-state index in [1.54, 1.807) is 0 Å². The summed E-state index contributed by atoms with van der Waals surface area (Å²) < 4.78 is 0. The molecule has 5 aliphatic rings. The largest absolute Gasteiger partial charge is 0.0581 e. The van der Waals surface area contributed by atoms with Crippen molar-refractivity contribution in [2.24, 2.45) is 17.3 Å². The van der Waals surface area contributed by atoms with Gasteiger partial charge in [0.2, 0.25) is 0 Å². The van der Waals surface area contributed by atoms with Crippen molar-refractivity contribution in [3.05, 3.63) is 184 Å². The molecule has 0 fully saturated rings. The molecule has 6 aromatic carbocycles. The summed E-state index contributed by atoms with van der Waals surface area (Å²) in [5.41, 5.74) is 19.5. The Hall–Kier alpha value is -5.46. The van der Waals surface area contributed by atoms with Gasteiger partial charge in [-0.2, -0.15) is 0 Å². The van der Waals surface area contributed by atoms with Gasteiger partial charge in [0.25, 0.3) is 0 Å².